The number of carbonyl (C=O) groups is 2. The van der Waals surface area contributed by atoms with E-state index in [4.69, 9.17) is 9.47 Å². The Labute approximate surface area is 156 Å². The summed E-state index contributed by atoms with van der Waals surface area (Å²) < 4.78 is 10.9. The average molecular weight is 375 g/mol. The third kappa shape index (κ3) is 5.96. The molecule has 2 amide bonds. The molecule has 2 N–H and O–H groups in total. The van der Waals surface area contributed by atoms with Crippen LogP contribution in [0.1, 0.15) is 24.2 Å². The highest BCUT2D eigenvalue weighted by atomic mass is 32.2. The Bertz CT molecular complexity index is 755. The molecule has 0 radical (unpaired) electrons. The smallest absolute Gasteiger partial charge is 0.276 e. The highest BCUT2D eigenvalue weighted by Crippen LogP contribution is 2.26. The van der Waals surface area contributed by atoms with Gasteiger partial charge < -0.3 is 9.47 Å². The molecular weight excluding hydrogens is 354 g/mol. The number of hydrogen-bond acceptors (Lipinski definition) is 6. The van der Waals surface area contributed by atoms with Gasteiger partial charge in [-0.05, 0) is 36.9 Å². The number of thioether (sulfide) groups is 1. The van der Waals surface area contributed by atoms with Crippen molar-refractivity contribution in [3.8, 4) is 11.5 Å². The molecule has 0 fully saturated rings. The van der Waals surface area contributed by atoms with Gasteiger partial charge in [-0.3, -0.25) is 20.4 Å². The van der Waals surface area contributed by atoms with E-state index in [0.29, 0.717) is 23.7 Å². The summed E-state index contributed by atoms with van der Waals surface area (Å²) in [5.74, 6) is 0.973. The second kappa shape index (κ2) is 10.3. The molecule has 0 saturated carbocycles. The van der Waals surface area contributed by atoms with Crippen molar-refractivity contribution in [2.24, 2.45) is 0 Å². The lowest BCUT2D eigenvalue weighted by Gasteiger charge is -2.12. The number of hydrazine groups is 1. The molecule has 7 nitrogen and oxygen atoms in total. The van der Waals surface area contributed by atoms with Crippen LogP contribution < -0.4 is 20.3 Å². The molecule has 1 aromatic heterocycles. The molecular formula is C18H21N3O4S. The van der Waals surface area contributed by atoms with E-state index in [1.807, 2.05) is 19.9 Å². The van der Waals surface area contributed by atoms with Gasteiger partial charge in [-0.25, -0.2) is 4.98 Å². The molecule has 0 unspecified atom stereocenters. The molecule has 138 valence electrons. The second-order valence-corrected chi connectivity index (χ2v) is 6.27. The standard InChI is InChI=1S/C18H21N3O4S/c1-3-24-14-7-5-6-8-15(14)25-12-16(22)20-21-18(23)13-9-10-19-17(11-13)26-4-2/h5-11H,3-4,12H2,1-2H3,(H,20,22)(H,21,23). The summed E-state index contributed by atoms with van der Waals surface area (Å²) in [6, 6.07) is 10.3. The highest BCUT2D eigenvalue weighted by Gasteiger charge is 2.10. The molecule has 0 aliphatic rings. The van der Waals surface area contributed by atoms with Crippen molar-refractivity contribution in [1.29, 1.82) is 0 Å². The minimum absolute atomic E-state index is 0.252. The lowest BCUT2D eigenvalue weighted by Crippen LogP contribution is -2.43. The zero-order valence-corrected chi connectivity index (χ0v) is 15.5. The Morgan fingerprint density at radius 1 is 1.08 bits per heavy atom. The number of pyridine rings is 1. The maximum atomic E-state index is 12.1. The van der Waals surface area contributed by atoms with Crippen LogP contribution in [0.5, 0.6) is 11.5 Å². The first-order valence-corrected chi connectivity index (χ1v) is 9.15. The van der Waals surface area contributed by atoms with Crippen molar-refractivity contribution < 1.29 is 19.1 Å². The number of hydrogen-bond donors (Lipinski definition) is 2. The number of aromatic nitrogens is 1. The minimum Gasteiger partial charge on any atom is -0.490 e. The van der Waals surface area contributed by atoms with Crippen molar-refractivity contribution in [2.75, 3.05) is 19.0 Å². The quantitative estimate of drug-likeness (QED) is 0.544. The van der Waals surface area contributed by atoms with Gasteiger partial charge >= 0.3 is 0 Å². The zero-order chi connectivity index (χ0) is 18.8. The van der Waals surface area contributed by atoms with Gasteiger partial charge in [-0.15, -0.1) is 11.8 Å². The number of ether oxygens (including phenoxy) is 2. The van der Waals surface area contributed by atoms with Crippen LogP contribution in [0.4, 0.5) is 0 Å². The lowest BCUT2D eigenvalue weighted by atomic mass is 10.2. The molecule has 8 heteroatoms. The highest BCUT2D eigenvalue weighted by molar-refractivity contribution is 7.99. The molecule has 0 aliphatic heterocycles. The molecule has 0 spiro atoms. The van der Waals surface area contributed by atoms with Crippen LogP contribution in [0.3, 0.4) is 0 Å². The van der Waals surface area contributed by atoms with E-state index in [1.54, 1.807) is 36.5 Å². The minimum atomic E-state index is -0.484. The van der Waals surface area contributed by atoms with Gasteiger partial charge in [-0.1, -0.05) is 19.1 Å². The summed E-state index contributed by atoms with van der Waals surface area (Å²) in [4.78, 5) is 28.1. The van der Waals surface area contributed by atoms with Crippen molar-refractivity contribution in [3.05, 3.63) is 48.2 Å². The SMILES string of the molecule is CCOc1ccccc1OCC(=O)NNC(=O)c1ccnc(SCC)c1. The van der Waals surface area contributed by atoms with Gasteiger partial charge in [0.15, 0.2) is 18.1 Å². The first-order valence-electron chi connectivity index (χ1n) is 8.16. The van der Waals surface area contributed by atoms with Crippen LogP contribution in [0, 0.1) is 0 Å². The van der Waals surface area contributed by atoms with Gasteiger partial charge in [0.1, 0.15) is 0 Å². The Morgan fingerprint density at radius 2 is 1.81 bits per heavy atom. The third-order valence-electron chi connectivity index (χ3n) is 3.11. The molecule has 2 rings (SSSR count). The Kier molecular flexibility index (Phi) is 7.75. The molecule has 1 heterocycles. The molecule has 1 aromatic carbocycles. The fourth-order valence-corrected chi connectivity index (χ4v) is 2.64. The largest absolute Gasteiger partial charge is 0.490 e. The summed E-state index contributed by atoms with van der Waals surface area (Å²) >= 11 is 1.53. The molecule has 0 saturated heterocycles. The van der Waals surface area contributed by atoms with Crippen LogP contribution >= 0.6 is 11.8 Å². The average Bonchev–Trinajstić information content (AvgIpc) is 2.66. The number of carbonyl (C=O) groups excluding carboxylic acids is 2. The fourth-order valence-electron chi connectivity index (χ4n) is 2.00. The van der Waals surface area contributed by atoms with Crippen molar-refractivity contribution in [3.63, 3.8) is 0 Å². The van der Waals surface area contributed by atoms with Crippen molar-refractivity contribution in [1.82, 2.24) is 15.8 Å². The molecule has 26 heavy (non-hydrogen) atoms. The first-order chi connectivity index (χ1) is 12.6. The van der Waals surface area contributed by atoms with Crippen molar-refractivity contribution in [2.45, 2.75) is 18.9 Å². The topological polar surface area (TPSA) is 89.5 Å². The Morgan fingerprint density at radius 3 is 2.50 bits per heavy atom. The van der Waals surface area contributed by atoms with Crippen LogP contribution in [-0.4, -0.2) is 35.8 Å². The number of benzene rings is 1. The van der Waals surface area contributed by atoms with E-state index in [0.717, 1.165) is 10.8 Å². The van der Waals surface area contributed by atoms with Gasteiger partial charge in [0.05, 0.1) is 11.6 Å². The number of rotatable bonds is 8. The van der Waals surface area contributed by atoms with E-state index in [2.05, 4.69) is 15.8 Å². The molecule has 0 atom stereocenters. The van der Waals surface area contributed by atoms with E-state index >= 15 is 0 Å². The summed E-state index contributed by atoms with van der Waals surface area (Å²) in [7, 11) is 0. The zero-order valence-electron chi connectivity index (χ0n) is 14.7. The third-order valence-corrected chi connectivity index (χ3v) is 3.92. The lowest BCUT2D eigenvalue weighted by molar-refractivity contribution is -0.123. The van der Waals surface area contributed by atoms with Crippen LogP contribution in [0.2, 0.25) is 0 Å². The molecule has 0 aliphatic carbocycles. The van der Waals surface area contributed by atoms with Gasteiger partial charge in [-0.2, -0.15) is 0 Å². The predicted molar refractivity (Wildman–Crippen MR) is 99.3 cm³/mol. The second-order valence-electron chi connectivity index (χ2n) is 4.99. The predicted octanol–water partition coefficient (Wildman–Crippen LogP) is 2.43. The number of nitrogens with zero attached hydrogens (tertiary/aromatic N) is 1. The van der Waals surface area contributed by atoms with Crippen LogP contribution in [0.25, 0.3) is 0 Å². The molecule has 0 bridgehead atoms. The van der Waals surface area contributed by atoms with Crippen LogP contribution in [-0.2, 0) is 4.79 Å². The summed E-state index contributed by atoms with van der Waals surface area (Å²) in [6.07, 6.45) is 1.56. The summed E-state index contributed by atoms with van der Waals surface area (Å²) in [6.45, 7) is 4.11. The first kappa shape index (κ1) is 19.6. The number of para-hydroxylation sites is 2. The van der Waals surface area contributed by atoms with E-state index in [-0.39, 0.29) is 6.61 Å². The number of nitrogens with one attached hydrogen (secondary N) is 2. The van der Waals surface area contributed by atoms with E-state index in [1.165, 1.54) is 11.8 Å². The van der Waals surface area contributed by atoms with Crippen molar-refractivity contribution >= 4 is 23.6 Å². The number of amides is 2. The monoisotopic (exact) mass is 375 g/mol. The Balaban J connectivity index is 1.83. The van der Waals surface area contributed by atoms with Gasteiger partial charge in [0.2, 0.25) is 0 Å². The maximum Gasteiger partial charge on any atom is 0.276 e. The maximum absolute atomic E-state index is 12.1. The fraction of sp³-hybridized carbons (Fsp3) is 0.278. The van der Waals surface area contributed by atoms with E-state index < -0.39 is 11.8 Å². The summed E-state index contributed by atoms with van der Waals surface area (Å²) in [5, 5.41) is 0.752. The van der Waals surface area contributed by atoms with Gasteiger partial charge in [0.25, 0.3) is 11.8 Å². The molecule has 2 aromatic rings. The van der Waals surface area contributed by atoms with E-state index in [9.17, 15) is 9.59 Å². The van der Waals surface area contributed by atoms with Crippen LogP contribution in [0.15, 0.2) is 47.6 Å². The Hall–Kier alpha value is -2.74. The summed E-state index contributed by atoms with van der Waals surface area (Å²) in [5.41, 5.74) is 5.10. The normalized spacial score (nSPS) is 10.1. The van der Waals surface area contributed by atoms with Gasteiger partial charge in [0, 0.05) is 11.8 Å².